The Labute approximate surface area is 126 Å². The average molecular weight is 309 g/mol. The number of nitrogens with zero attached hydrogens (tertiary/aromatic N) is 2. The van der Waals surface area contributed by atoms with Crippen molar-refractivity contribution in [3.05, 3.63) is 57.2 Å². The number of aryl methyl sites for hydroxylation is 1. The summed E-state index contributed by atoms with van der Waals surface area (Å²) in [6, 6.07) is 10.1. The van der Waals surface area contributed by atoms with Crippen molar-refractivity contribution >= 4 is 17.4 Å². The molecule has 0 amide bonds. The summed E-state index contributed by atoms with van der Waals surface area (Å²) in [4.78, 5) is 14.2. The van der Waals surface area contributed by atoms with Crippen LogP contribution in [0.5, 0.6) is 11.5 Å². The van der Waals surface area contributed by atoms with Gasteiger partial charge in [0.1, 0.15) is 24.7 Å². The summed E-state index contributed by atoms with van der Waals surface area (Å²) in [5, 5.41) is 11.5. The van der Waals surface area contributed by atoms with E-state index >= 15 is 0 Å². The number of aromatic nitrogens is 1. The van der Waals surface area contributed by atoms with Crippen LogP contribution in [0.15, 0.2) is 36.4 Å². The SMILES string of the molecule is Cc1ccc(OCCOc2ccc(Cl)cc2)c([N+](=O)[O-])n1. The van der Waals surface area contributed by atoms with Crippen molar-refractivity contribution in [2.45, 2.75) is 6.92 Å². The van der Waals surface area contributed by atoms with E-state index in [4.69, 9.17) is 21.1 Å². The van der Waals surface area contributed by atoms with Crippen LogP contribution < -0.4 is 9.47 Å². The van der Waals surface area contributed by atoms with Gasteiger partial charge in [0.2, 0.25) is 5.75 Å². The van der Waals surface area contributed by atoms with Crippen molar-refractivity contribution in [3.63, 3.8) is 0 Å². The molecule has 0 N–H and O–H groups in total. The van der Waals surface area contributed by atoms with E-state index in [1.54, 1.807) is 37.3 Å². The van der Waals surface area contributed by atoms with E-state index in [1.165, 1.54) is 6.07 Å². The molecule has 0 saturated carbocycles. The van der Waals surface area contributed by atoms with Crippen molar-refractivity contribution in [1.82, 2.24) is 4.98 Å². The fourth-order valence-electron chi connectivity index (χ4n) is 1.62. The van der Waals surface area contributed by atoms with Gasteiger partial charge in [-0.3, -0.25) is 0 Å². The number of halogens is 1. The zero-order chi connectivity index (χ0) is 15.2. The van der Waals surface area contributed by atoms with Gasteiger partial charge in [-0.1, -0.05) is 11.6 Å². The zero-order valence-electron chi connectivity index (χ0n) is 11.3. The number of benzene rings is 1. The van der Waals surface area contributed by atoms with Gasteiger partial charge >= 0.3 is 5.82 Å². The Balaban J connectivity index is 1.89. The third kappa shape index (κ3) is 4.32. The maximum absolute atomic E-state index is 10.9. The Morgan fingerprint density at radius 2 is 1.81 bits per heavy atom. The highest BCUT2D eigenvalue weighted by Crippen LogP contribution is 2.24. The summed E-state index contributed by atoms with van der Waals surface area (Å²) in [5.41, 5.74) is 0.562. The first kappa shape index (κ1) is 15.1. The molecule has 0 aliphatic rings. The van der Waals surface area contributed by atoms with E-state index in [2.05, 4.69) is 4.98 Å². The van der Waals surface area contributed by atoms with Crippen LogP contribution >= 0.6 is 11.6 Å². The highest BCUT2D eigenvalue weighted by molar-refractivity contribution is 6.30. The van der Waals surface area contributed by atoms with Crippen LogP contribution in [0.25, 0.3) is 0 Å². The predicted molar refractivity (Wildman–Crippen MR) is 78.1 cm³/mol. The first-order chi connectivity index (χ1) is 10.1. The highest BCUT2D eigenvalue weighted by atomic mass is 35.5. The number of hydrogen-bond acceptors (Lipinski definition) is 5. The number of ether oxygens (including phenoxy) is 2. The Hall–Kier alpha value is -2.34. The quantitative estimate of drug-likeness (QED) is 0.464. The molecule has 6 nitrogen and oxygen atoms in total. The van der Waals surface area contributed by atoms with Crippen molar-refractivity contribution < 1.29 is 14.4 Å². The largest absolute Gasteiger partial charge is 0.490 e. The lowest BCUT2D eigenvalue weighted by molar-refractivity contribution is -0.390. The summed E-state index contributed by atoms with van der Waals surface area (Å²) in [6.07, 6.45) is 0. The molecule has 7 heteroatoms. The van der Waals surface area contributed by atoms with Crippen molar-refractivity contribution in [2.75, 3.05) is 13.2 Å². The lowest BCUT2D eigenvalue weighted by Gasteiger charge is -2.08. The molecule has 2 rings (SSSR count). The van der Waals surface area contributed by atoms with E-state index in [0.29, 0.717) is 16.5 Å². The molecule has 1 heterocycles. The predicted octanol–water partition coefficient (Wildman–Crippen LogP) is 3.41. The van der Waals surface area contributed by atoms with Crippen molar-refractivity contribution in [1.29, 1.82) is 0 Å². The van der Waals surface area contributed by atoms with Gasteiger partial charge in [-0.2, -0.15) is 0 Å². The molecular formula is C14H13ClN2O4. The molecule has 0 bridgehead atoms. The summed E-state index contributed by atoms with van der Waals surface area (Å²) < 4.78 is 10.8. The first-order valence-corrected chi connectivity index (χ1v) is 6.57. The summed E-state index contributed by atoms with van der Waals surface area (Å²) >= 11 is 5.76. The minimum Gasteiger partial charge on any atom is -0.490 e. The van der Waals surface area contributed by atoms with E-state index in [1.807, 2.05) is 0 Å². The highest BCUT2D eigenvalue weighted by Gasteiger charge is 2.17. The maximum atomic E-state index is 10.9. The molecule has 21 heavy (non-hydrogen) atoms. The number of nitro groups is 1. The molecule has 0 radical (unpaired) electrons. The Bertz CT molecular complexity index is 631. The van der Waals surface area contributed by atoms with Gasteiger partial charge in [0.05, 0.1) is 0 Å². The second kappa shape index (κ2) is 6.90. The normalized spacial score (nSPS) is 10.2. The monoisotopic (exact) mass is 308 g/mol. The van der Waals surface area contributed by atoms with Gasteiger partial charge in [-0.15, -0.1) is 0 Å². The van der Waals surface area contributed by atoms with E-state index in [0.717, 1.165) is 0 Å². The molecule has 0 aliphatic heterocycles. The fraction of sp³-hybridized carbons (Fsp3) is 0.214. The van der Waals surface area contributed by atoms with E-state index < -0.39 is 4.92 Å². The second-order valence-corrected chi connectivity index (χ2v) is 4.62. The van der Waals surface area contributed by atoms with Gasteiger partial charge in [0, 0.05) is 11.9 Å². The molecule has 110 valence electrons. The standard InChI is InChI=1S/C14H13ClN2O4/c1-10-2-7-13(14(16-10)17(18)19)21-9-8-20-12-5-3-11(15)4-6-12/h2-7H,8-9H2,1H3. The van der Waals surface area contributed by atoms with Gasteiger partial charge < -0.3 is 19.6 Å². The number of rotatable bonds is 6. The first-order valence-electron chi connectivity index (χ1n) is 6.19. The molecule has 0 unspecified atom stereocenters. The third-order valence-electron chi connectivity index (χ3n) is 2.57. The minimum absolute atomic E-state index is 0.130. The van der Waals surface area contributed by atoms with Crippen LogP contribution in [0.3, 0.4) is 0 Å². The summed E-state index contributed by atoms with van der Waals surface area (Å²) in [5.74, 6) is 0.492. The van der Waals surface area contributed by atoms with E-state index in [9.17, 15) is 10.1 Å². The third-order valence-corrected chi connectivity index (χ3v) is 2.83. The minimum atomic E-state index is -0.567. The smallest absolute Gasteiger partial charge is 0.406 e. The molecule has 1 aromatic heterocycles. The van der Waals surface area contributed by atoms with Gasteiger partial charge in [0.25, 0.3) is 0 Å². The average Bonchev–Trinajstić information content (AvgIpc) is 2.46. The molecule has 0 aliphatic carbocycles. The molecule has 0 spiro atoms. The van der Waals surface area contributed by atoms with Crippen LogP contribution in [-0.2, 0) is 0 Å². The topological polar surface area (TPSA) is 74.5 Å². The van der Waals surface area contributed by atoms with Gasteiger partial charge in [-0.05, 0) is 46.3 Å². The Kier molecular flexibility index (Phi) is 4.94. The van der Waals surface area contributed by atoms with Crippen LogP contribution in [0.4, 0.5) is 5.82 Å². The van der Waals surface area contributed by atoms with Gasteiger partial charge in [-0.25, -0.2) is 0 Å². The summed E-state index contributed by atoms with van der Waals surface area (Å²) in [7, 11) is 0. The molecule has 0 atom stereocenters. The number of hydrogen-bond donors (Lipinski definition) is 0. The fourth-order valence-corrected chi connectivity index (χ4v) is 1.74. The van der Waals surface area contributed by atoms with E-state index in [-0.39, 0.29) is 24.8 Å². The zero-order valence-corrected chi connectivity index (χ0v) is 12.0. The molecule has 2 aromatic rings. The lowest BCUT2D eigenvalue weighted by Crippen LogP contribution is -2.10. The molecule has 0 saturated heterocycles. The molecular weight excluding hydrogens is 296 g/mol. The van der Waals surface area contributed by atoms with Crippen molar-refractivity contribution in [3.8, 4) is 11.5 Å². The van der Waals surface area contributed by atoms with Crippen molar-refractivity contribution in [2.24, 2.45) is 0 Å². The Morgan fingerprint density at radius 1 is 1.14 bits per heavy atom. The summed E-state index contributed by atoms with van der Waals surface area (Å²) in [6.45, 7) is 2.11. The van der Waals surface area contributed by atoms with Crippen LogP contribution in [-0.4, -0.2) is 23.1 Å². The molecule has 1 aromatic carbocycles. The van der Waals surface area contributed by atoms with Crippen LogP contribution in [0.2, 0.25) is 5.02 Å². The molecule has 0 fully saturated rings. The second-order valence-electron chi connectivity index (χ2n) is 4.18. The Morgan fingerprint density at radius 3 is 2.48 bits per heavy atom. The van der Waals surface area contributed by atoms with Gasteiger partial charge in [0.15, 0.2) is 0 Å². The van der Waals surface area contributed by atoms with Crippen LogP contribution in [0.1, 0.15) is 5.69 Å². The number of pyridine rings is 1. The maximum Gasteiger partial charge on any atom is 0.406 e. The van der Waals surface area contributed by atoms with Crippen LogP contribution in [0, 0.1) is 17.0 Å². The lowest BCUT2D eigenvalue weighted by atomic mass is 10.3.